The molecule has 0 unspecified atom stereocenters. The first kappa shape index (κ1) is 20.3. The van der Waals surface area contributed by atoms with Crippen molar-refractivity contribution >= 4 is 17.5 Å². The third kappa shape index (κ3) is 4.63. The lowest BCUT2D eigenvalue weighted by molar-refractivity contribution is -0.384. The highest BCUT2D eigenvalue weighted by atomic mass is 19.1. The maximum Gasteiger partial charge on any atom is 0.323 e. The summed E-state index contributed by atoms with van der Waals surface area (Å²) in [5.74, 6) is 0.428. The lowest BCUT2D eigenvalue weighted by Gasteiger charge is -2.39. The first-order valence-electron chi connectivity index (χ1n) is 9.64. The molecule has 0 radical (unpaired) electrons. The van der Waals surface area contributed by atoms with Crippen molar-refractivity contribution in [2.24, 2.45) is 5.92 Å². The van der Waals surface area contributed by atoms with E-state index in [1.54, 1.807) is 17.3 Å². The second-order valence-corrected chi connectivity index (χ2v) is 7.37. The summed E-state index contributed by atoms with van der Waals surface area (Å²) in [5.41, 5.74) is 1.66. The molecule has 0 bridgehead atoms. The Labute approximate surface area is 177 Å². The van der Waals surface area contributed by atoms with Gasteiger partial charge in [0.05, 0.1) is 10.6 Å². The summed E-state index contributed by atoms with van der Waals surface area (Å²) >= 11 is 0. The van der Waals surface area contributed by atoms with E-state index in [-0.39, 0.29) is 17.4 Å². The summed E-state index contributed by atoms with van der Waals surface area (Å²) in [6.45, 7) is 2.85. The lowest BCUT2D eigenvalue weighted by Crippen LogP contribution is -2.52. The Morgan fingerprint density at radius 3 is 2.52 bits per heavy atom. The molecule has 2 amide bonds. The van der Waals surface area contributed by atoms with Crippen LogP contribution in [0.15, 0.2) is 48.8 Å². The summed E-state index contributed by atoms with van der Waals surface area (Å²) in [5, 5.41) is 13.9. The van der Waals surface area contributed by atoms with Gasteiger partial charge in [0.25, 0.3) is 0 Å². The number of pyridine rings is 1. The third-order valence-corrected chi connectivity index (χ3v) is 5.04. The van der Waals surface area contributed by atoms with Crippen LogP contribution in [0, 0.1) is 28.8 Å². The van der Waals surface area contributed by atoms with E-state index in [1.165, 1.54) is 36.4 Å². The standard InChI is InChI=1S/C21H19FN6O3/c1-13-23-9-14(10-24-13)8-15-11-27(12-15)21(29)26-20-19(28(30)31)7-6-18(25-20)16-2-4-17(22)5-3-16/h2-7,9-10,15H,8,11-12H2,1H3,(H,25,26,29). The van der Waals surface area contributed by atoms with Crippen molar-refractivity contribution in [1.82, 2.24) is 19.9 Å². The van der Waals surface area contributed by atoms with Gasteiger partial charge in [0.1, 0.15) is 11.6 Å². The van der Waals surface area contributed by atoms with Crippen LogP contribution in [0.3, 0.4) is 0 Å². The topological polar surface area (TPSA) is 114 Å². The zero-order valence-corrected chi connectivity index (χ0v) is 16.7. The minimum Gasteiger partial charge on any atom is -0.324 e. The Balaban J connectivity index is 1.43. The average Bonchev–Trinajstić information content (AvgIpc) is 2.72. The fraction of sp³-hybridized carbons (Fsp3) is 0.238. The number of aryl methyl sites for hydroxylation is 1. The number of hydrogen-bond acceptors (Lipinski definition) is 6. The highest BCUT2D eigenvalue weighted by Crippen LogP contribution is 2.28. The van der Waals surface area contributed by atoms with Gasteiger partial charge in [-0.15, -0.1) is 0 Å². The number of hydrogen-bond donors (Lipinski definition) is 1. The van der Waals surface area contributed by atoms with Crippen molar-refractivity contribution in [2.75, 3.05) is 18.4 Å². The van der Waals surface area contributed by atoms with E-state index in [0.29, 0.717) is 30.2 Å². The minimum absolute atomic E-state index is 0.146. The molecule has 2 aromatic heterocycles. The fourth-order valence-electron chi connectivity index (χ4n) is 3.38. The number of amides is 2. The Bertz CT molecular complexity index is 1110. The van der Waals surface area contributed by atoms with Gasteiger partial charge in [-0.1, -0.05) is 0 Å². The number of halogens is 1. The number of carbonyl (C=O) groups excluding carboxylic acids is 1. The molecule has 3 aromatic rings. The average molecular weight is 422 g/mol. The van der Waals surface area contributed by atoms with Crippen LogP contribution >= 0.6 is 0 Å². The minimum atomic E-state index is -0.604. The van der Waals surface area contributed by atoms with E-state index in [9.17, 15) is 19.3 Å². The zero-order chi connectivity index (χ0) is 22.0. The third-order valence-electron chi connectivity index (χ3n) is 5.04. The Kier molecular flexibility index (Phi) is 5.52. The van der Waals surface area contributed by atoms with E-state index in [0.717, 1.165) is 12.0 Å². The van der Waals surface area contributed by atoms with Crippen LogP contribution in [-0.2, 0) is 6.42 Å². The summed E-state index contributed by atoms with van der Waals surface area (Å²) < 4.78 is 13.2. The molecule has 0 aliphatic carbocycles. The van der Waals surface area contributed by atoms with Gasteiger partial charge in [-0.3, -0.25) is 15.4 Å². The number of nitrogens with one attached hydrogen (secondary N) is 1. The molecule has 0 saturated carbocycles. The molecule has 3 heterocycles. The maximum absolute atomic E-state index is 13.2. The zero-order valence-electron chi connectivity index (χ0n) is 16.7. The van der Waals surface area contributed by atoms with Crippen LogP contribution in [-0.4, -0.2) is 43.9 Å². The number of aromatic nitrogens is 3. The van der Waals surface area contributed by atoms with Gasteiger partial charge < -0.3 is 4.90 Å². The molecule has 0 spiro atoms. The maximum atomic E-state index is 13.2. The smallest absolute Gasteiger partial charge is 0.323 e. The SMILES string of the molecule is Cc1ncc(CC2CN(C(=O)Nc3nc(-c4ccc(F)cc4)ccc3[N+](=O)[O-])C2)cn1. The molecule has 0 atom stereocenters. The molecule has 4 rings (SSSR count). The molecular weight excluding hydrogens is 403 g/mol. The second-order valence-electron chi connectivity index (χ2n) is 7.37. The number of benzene rings is 1. The van der Waals surface area contributed by atoms with Crippen molar-refractivity contribution < 1.29 is 14.1 Å². The van der Waals surface area contributed by atoms with Crippen LogP contribution in [0.1, 0.15) is 11.4 Å². The molecule has 158 valence electrons. The number of nitro groups is 1. The number of anilines is 1. The molecule has 10 heteroatoms. The summed E-state index contributed by atoms with van der Waals surface area (Å²) in [7, 11) is 0. The van der Waals surface area contributed by atoms with E-state index in [2.05, 4.69) is 20.3 Å². The Morgan fingerprint density at radius 2 is 1.87 bits per heavy atom. The van der Waals surface area contributed by atoms with E-state index < -0.39 is 16.8 Å². The van der Waals surface area contributed by atoms with Crippen molar-refractivity contribution in [2.45, 2.75) is 13.3 Å². The number of likely N-dealkylation sites (tertiary alicyclic amines) is 1. The van der Waals surface area contributed by atoms with Gasteiger partial charge in [-0.2, -0.15) is 0 Å². The molecule has 1 aliphatic rings. The van der Waals surface area contributed by atoms with Crippen molar-refractivity contribution in [1.29, 1.82) is 0 Å². The number of nitrogens with zero attached hydrogens (tertiary/aromatic N) is 5. The summed E-state index contributed by atoms with van der Waals surface area (Å²) in [4.78, 5) is 37.5. The molecule has 1 saturated heterocycles. The molecule has 1 aliphatic heterocycles. The van der Waals surface area contributed by atoms with Gasteiger partial charge >= 0.3 is 11.7 Å². The normalized spacial score (nSPS) is 13.5. The Hall–Kier alpha value is -3.95. The first-order chi connectivity index (χ1) is 14.9. The van der Waals surface area contributed by atoms with Gasteiger partial charge in [0.2, 0.25) is 5.82 Å². The highest BCUT2D eigenvalue weighted by molar-refractivity contribution is 5.91. The van der Waals surface area contributed by atoms with E-state index in [4.69, 9.17) is 0 Å². The van der Waals surface area contributed by atoms with Gasteiger partial charge in [-0.25, -0.2) is 24.1 Å². The first-order valence-corrected chi connectivity index (χ1v) is 9.64. The number of rotatable bonds is 5. The van der Waals surface area contributed by atoms with E-state index in [1.807, 2.05) is 6.92 Å². The quantitative estimate of drug-likeness (QED) is 0.496. The molecule has 1 fully saturated rings. The molecule has 1 aromatic carbocycles. The fourth-order valence-corrected chi connectivity index (χ4v) is 3.38. The van der Waals surface area contributed by atoms with Gasteiger partial charge in [0.15, 0.2) is 0 Å². The van der Waals surface area contributed by atoms with Crippen LogP contribution < -0.4 is 5.32 Å². The molecule has 9 nitrogen and oxygen atoms in total. The highest BCUT2D eigenvalue weighted by Gasteiger charge is 2.32. The molecule has 1 N–H and O–H groups in total. The molecule has 31 heavy (non-hydrogen) atoms. The van der Waals surface area contributed by atoms with Crippen molar-refractivity contribution in [3.05, 3.63) is 76.1 Å². The van der Waals surface area contributed by atoms with Gasteiger partial charge in [0, 0.05) is 37.1 Å². The van der Waals surface area contributed by atoms with Crippen LogP contribution in [0.25, 0.3) is 11.3 Å². The second kappa shape index (κ2) is 8.42. The number of carbonyl (C=O) groups is 1. The predicted molar refractivity (Wildman–Crippen MR) is 111 cm³/mol. The predicted octanol–water partition coefficient (Wildman–Crippen LogP) is 3.60. The summed E-state index contributed by atoms with van der Waals surface area (Å²) in [6.07, 6.45) is 4.31. The van der Waals surface area contributed by atoms with E-state index >= 15 is 0 Å². The van der Waals surface area contributed by atoms with Crippen molar-refractivity contribution in [3.63, 3.8) is 0 Å². The lowest BCUT2D eigenvalue weighted by atomic mass is 9.94. The van der Waals surface area contributed by atoms with Crippen LogP contribution in [0.5, 0.6) is 0 Å². The monoisotopic (exact) mass is 422 g/mol. The largest absolute Gasteiger partial charge is 0.324 e. The van der Waals surface area contributed by atoms with Crippen LogP contribution in [0.2, 0.25) is 0 Å². The number of urea groups is 1. The van der Waals surface area contributed by atoms with Crippen molar-refractivity contribution in [3.8, 4) is 11.3 Å². The summed E-state index contributed by atoms with van der Waals surface area (Å²) in [6, 6.07) is 7.87. The molecular formula is C21H19FN6O3. The van der Waals surface area contributed by atoms with Gasteiger partial charge in [-0.05, 0) is 55.2 Å². The Morgan fingerprint density at radius 1 is 1.19 bits per heavy atom. The van der Waals surface area contributed by atoms with Crippen LogP contribution in [0.4, 0.5) is 20.7 Å².